The first-order valence-electron chi connectivity index (χ1n) is 10.5. The van der Waals surface area contributed by atoms with E-state index in [1.165, 1.54) is 41.0 Å². The third-order valence-corrected chi connectivity index (χ3v) is 7.60. The highest BCUT2D eigenvalue weighted by molar-refractivity contribution is 9.09. The Morgan fingerprint density at radius 1 is 0.862 bits per heavy atom. The highest BCUT2D eigenvalue weighted by Crippen LogP contribution is 2.41. The Balaban J connectivity index is 1.78. The molecular formula is C24H33BrO2S2. The van der Waals surface area contributed by atoms with E-state index in [0.717, 1.165) is 37.1 Å². The van der Waals surface area contributed by atoms with Crippen molar-refractivity contribution in [3.05, 3.63) is 60.2 Å². The molecule has 0 bridgehead atoms. The molecule has 0 heterocycles. The van der Waals surface area contributed by atoms with E-state index in [1.54, 1.807) is 0 Å². The van der Waals surface area contributed by atoms with Crippen molar-refractivity contribution in [3.8, 4) is 0 Å². The fourth-order valence-electron chi connectivity index (χ4n) is 3.03. The van der Waals surface area contributed by atoms with Gasteiger partial charge in [-0.1, -0.05) is 65.2 Å². The molecule has 0 radical (unpaired) electrons. The van der Waals surface area contributed by atoms with Crippen LogP contribution in [0.15, 0.2) is 64.4 Å². The Morgan fingerprint density at radius 3 is 2.38 bits per heavy atom. The molecule has 0 aromatic heterocycles. The van der Waals surface area contributed by atoms with Crippen LogP contribution < -0.4 is 0 Å². The monoisotopic (exact) mass is 496 g/mol. The minimum atomic E-state index is 0.201. The Kier molecular flexibility index (Phi) is 13.9. The summed E-state index contributed by atoms with van der Waals surface area (Å²) >= 11 is 7.22. The summed E-state index contributed by atoms with van der Waals surface area (Å²) in [6.45, 7) is 1.93. The van der Waals surface area contributed by atoms with Gasteiger partial charge in [-0.05, 0) is 49.4 Å². The lowest BCUT2D eigenvalue weighted by molar-refractivity contribution is 0.131. The summed E-state index contributed by atoms with van der Waals surface area (Å²) in [5, 5.41) is 11.0. The van der Waals surface area contributed by atoms with E-state index in [1.807, 2.05) is 29.6 Å². The molecule has 1 atom stereocenters. The van der Waals surface area contributed by atoms with Gasteiger partial charge in [-0.15, -0.1) is 23.5 Å². The van der Waals surface area contributed by atoms with Crippen molar-refractivity contribution < 1.29 is 9.84 Å². The van der Waals surface area contributed by atoms with Gasteiger partial charge in [0, 0.05) is 45.9 Å². The fourth-order valence-corrected chi connectivity index (χ4v) is 5.74. The normalized spacial score (nSPS) is 12.2. The fraction of sp³-hybridized carbons (Fsp3) is 0.500. The van der Waals surface area contributed by atoms with Crippen LogP contribution in [0.2, 0.25) is 0 Å². The van der Waals surface area contributed by atoms with Crippen molar-refractivity contribution in [3.63, 3.8) is 0 Å². The second kappa shape index (κ2) is 16.3. The summed E-state index contributed by atoms with van der Waals surface area (Å²) in [7, 11) is 0. The van der Waals surface area contributed by atoms with Gasteiger partial charge >= 0.3 is 0 Å². The van der Waals surface area contributed by atoms with E-state index >= 15 is 0 Å². The second-order valence-electron chi connectivity index (χ2n) is 6.89. The van der Waals surface area contributed by atoms with Crippen LogP contribution in [0.25, 0.3) is 0 Å². The van der Waals surface area contributed by atoms with Crippen LogP contribution >= 0.6 is 39.5 Å². The molecule has 0 fully saturated rings. The van der Waals surface area contributed by atoms with Gasteiger partial charge in [0.15, 0.2) is 0 Å². The van der Waals surface area contributed by atoms with Crippen molar-refractivity contribution in [1.29, 1.82) is 0 Å². The van der Waals surface area contributed by atoms with Crippen LogP contribution in [0.4, 0.5) is 0 Å². The topological polar surface area (TPSA) is 29.5 Å². The first kappa shape index (κ1) is 24.8. The number of benzene rings is 2. The highest BCUT2D eigenvalue weighted by atomic mass is 79.9. The van der Waals surface area contributed by atoms with Crippen molar-refractivity contribution in [2.75, 3.05) is 30.9 Å². The van der Waals surface area contributed by atoms with Crippen LogP contribution in [0.1, 0.15) is 49.3 Å². The molecule has 1 N–H and O–H groups in total. The quantitative estimate of drug-likeness (QED) is 0.149. The number of halogens is 1. The summed E-state index contributed by atoms with van der Waals surface area (Å²) in [6, 6.07) is 19.1. The second-order valence-corrected chi connectivity index (χ2v) is 10.1. The molecule has 2 nitrogen and oxygen atoms in total. The zero-order valence-corrected chi connectivity index (χ0v) is 20.3. The zero-order valence-electron chi connectivity index (χ0n) is 17.1. The van der Waals surface area contributed by atoms with Gasteiger partial charge in [0.2, 0.25) is 0 Å². The van der Waals surface area contributed by atoms with Crippen LogP contribution in [0.5, 0.6) is 0 Å². The van der Waals surface area contributed by atoms with E-state index in [9.17, 15) is 5.11 Å². The molecule has 0 aliphatic carbocycles. The van der Waals surface area contributed by atoms with Crippen LogP contribution in [-0.4, -0.2) is 36.0 Å². The summed E-state index contributed by atoms with van der Waals surface area (Å²) in [6.07, 6.45) is 6.81. The Bertz CT molecular complexity index is 654. The minimum absolute atomic E-state index is 0.201. The smallest absolute Gasteiger partial charge is 0.0474 e. The van der Waals surface area contributed by atoms with E-state index in [0.29, 0.717) is 0 Å². The maximum Gasteiger partial charge on any atom is 0.0474 e. The number of ether oxygens (including phenoxy) is 1. The van der Waals surface area contributed by atoms with E-state index in [4.69, 9.17) is 4.74 Å². The molecule has 0 saturated carbocycles. The number of alkyl halides is 1. The predicted octanol–water partition coefficient (Wildman–Crippen LogP) is 7.36. The number of rotatable bonds is 16. The molecule has 0 spiro atoms. The van der Waals surface area contributed by atoms with Crippen molar-refractivity contribution in [1.82, 2.24) is 0 Å². The molecule has 29 heavy (non-hydrogen) atoms. The number of hydrogen-bond acceptors (Lipinski definition) is 4. The van der Waals surface area contributed by atoms with E-state index < -0.39 is 0 Å². The molecule has 5 heteroatoms. The molecule has 2 aromatic carbocycles. The van der Waals surface area contributed by atoms with Crippen LogP contribution in [0, 0.1) is 0 Å². The average Bonchev–Trinajstić information content (AvgIpc) is 2.76. The zero-order chi connectivity index (χ0) is 20.6. The van der Waals surface area contributed by atoms with Gasteiger partial charge < -0.3 is 9.84 Å². The van der Waals surface area contributed by atoms with Gasteiger partial charge in [-0.2, -0.15) is 0 Å². The molecule has 160 valence electrons. The number of thioether (sulfide) groups is 2. The van der Waals surface area contributed by atoms with Gasteiger partial charge in [0.1, 0.15) is 0 Å². The first-order valence-corrected chi connectivity index (χ1v) is 13.5. The molecule has 1 unspecified atom stereocenters. The number of aliphatic hydroxyl groups excluding tert-OH is 1. The summed E-state index contributed by atoms with van der Waals surface area (Å²) < 4.78 is 5.78. The van der Waals surface area contributed by atoms with Gasteiger partial charge in [-0.25, -0.2) is 0 Å². The summed E-state index contributed by atoms with van der Waals surface area (Å²) in [5.41, 5.74) is 1.33. The predicted molar refractivity (Wildman–Crippen MR) is 132 cm³/mol. The highest BCUT2D eigenvalue weighted by Gasteiger charge is 2.16. The average molecular weight is 498 g/mol. The largest absolute Gasteiger partial charge is 0.396 e. The lowest BCUT2D eigenvalue weighted by atomic mass is 10.1. The molecular weight excluding hydrogens is 464 g/mol. The van der Waals surface area contributed by atoms with Crippen molar-refractivity contribution >= 4 is 39.5 Å². The van der Waals surface area contributed by atoms with Gasteiger partial charge in [-0.3, -0.25) is 0 Å². The van der Waals surface area contributed by atoms with Crippen LogP contribution in [-0.2, 0) is 4.74 Å². The Hall–Kier alpha value is -0.460. The van der Waals surface area contributed by atoms with Crippen molar-refractivity contribution in [2.24, 2.45) is 0 Å². The standard InChI is InChI=1S/C24H33BrO2S2/c25-16-8-1-2-9-18-27-19-10-20-28-23-14-7-6-13-22(23)24(15-17-26)29-21-11-4-3-5-12-21/h3-7,11-14,24,26H,1-2,8-10,15-20H2. The summed E-state index contributed by atoms with van der Waals surface area (Å²) in [5.74, 6) is 1.06. The summed E-state index contributed by atoms with van der Waals surface area (Å²) in [4.78, 5) is 2.57. The molecule has 0 saturated heterocycles. The third-order valence-electron chi connectivity index (χ3n) is 4.54. The third kappa shape index (κ3) is 10.4. The molecule has 0 aliphatic rings. The lowest BCUT2D eigenvalue weighted by Crippen LogP contribution is -2.01. The molecule has 2 aromatic rings. The van der Waals surface area contributed by atoms with Gasteiger partial charge in [0.05, 0.1) is 0 Å². The Labute approximate surface area is 193 Å². The number of unbranched alkanes of at least 4 members (excludes halogenated alkanes) is 3. The Morgan fingerprint density at radius 2 is 1.59 bits per heavy atom. The van der Waals surface area contributed by atoms with Crippen LogP contribution in [0.3, 0.4) is 0 Å². The first-order chi connectivity index (χ1) is 14.3. The molecule has 0 aliphatic heterocycles. The maximum atomic E-state index is 9.59. The minimum Gasteiger partial charge on any atom is -0.396 e. The number of hydrogen-bond donors (Lipinski definition) is 1. The molecule has 2 rings (SSSR count). The van der Waals surface area contributed by atoms with E-state index in [2.05, 4.69) is 64.5 Å². The lowest BCUT2D eigenvalue weighted by Gasteiger charge is -2.19. The maximum absolute atomic E-state index is 9.59. The van der Waals surface area contributed by atoms with E-state index in [-0.39, 0.29) is 11.9 Å². The van der Waals surface area contributed by atoms with Crippen molar-refractivity contribution in [2.45, 2.75) is 53.6 Å². The number of aliphatic hydroxyl groups is 1. The molecule has 0 amide bonds. The SMILES string of the molecule is OCCC(Sc1ccccc1)c1ccccc1SCCCOCCCCCCBr. The van der Waals surface area contributed by atoms with Gasteiger partial charge in [0.25, 0.3) is 0 Å².